The number of rotatable bonds is 3. The predicted octanol–water partition coefficient (Wildman–Crippen LogP) is 3.05. The van der Waals surface area contributed by atoms with Crippen molar-refractivity contribution in [1.29, 1.82) is 0 Å². The molecular formula is C18H20N2O4S. The van der Waals surface area contributed by atoms with Crippen LogP contribution in [0.3, 0.4) is 0 Å². The Morgan fingerprint density at radius 2 is 1.68 bits per heavy atom. The maximum Gasteiger partial charge on any atom is 0.262 e. The number of carbonyl (C=O) groups excluding carboxylic acids is 1. The molecule has 1 heterocycles. The first-order chi connectivity index (χ1) is 11.7. The van der Waals surface area contributed by atoms with Gasteiger partial charge in [-0.2, -0.15) is 0 Å². The number of hydrogen-bond acceptors (Lipinski definition) is 4. The Hall–Kier alpha value is -2.54. The van der Waals surface area contributed by atoms with Gasteiger partial charge in [0.05, 0.1) is 16.3 Å². The molecule has 7 heteroatoms. The third-order valence-electron chi connectivity index (χ3n) is 4.43. The first-order valence-corrected chi connectivity index (χ1v) is 9.34. The molecular weight excluding hydrogens is 340 g/mol. The van der Waals surface area contributed by atoms with Crippen LogP contribution < -0.4 is 14.8 Å². The lowest BCUT2D eigenvalue weighted by Gasteiger charge is -2.20. The molecule has 0 radical (unpaired) electrons. The van der Waals surface area contributed by atoms with E-state index in [1.54, 1.807) is 32.0 Å². The minimum atomic E-state index is -3.76. The van der Waals surface area contributed by atoms with Gasteiger partial charge >= 0.3 is 0 Å². The third-order valence-corrected chi connectivity index (χ3v) is 6.08. The quantitative estimate of drug-likeness (QED) is 0.881. The van der Waals surface area contributed by atoms with Crippen LogP contribution in [-0.4, -0.2) is 20.9 Å². The molecule has 0 bridgehead atoms. The second-order valence-electron chi connectivity index (χ2n) is 6.24. The lowest BCUT2D eigenvalue weighted by Crippen LogP contribution is -2.25. The van der Waals surface area contributed by atoms with Gasteiger partial charge in [0.15, 0.2) is 6.61 Å². The Bertz CT molecular complexity index is 955. The van der Waals surface area contributed by atoms with Crippen LogP contribution in [0.15, 0.2) is 29.2 Å². The van der Waals surface area contributed by atoms with Crippen LogP contribution in [0.2, 0.25) is 0 Å². The summed E-state index contributed by atoms with van der Waals surface area (Å²) in [5.74, 6) is 0.245. The molecule has 3 rings (SSSR count). The highest BCUT2D eigenvalue weighted by Crippen LogP contribution is 2.32. The standard InChI is InChI=1S/C18H20N2O4S/c1-10-7-11(2)13(4)18(12(10)3)25(22,23)20-14-5-6-16-15(8-14)19-17(21)9-24-16/h5-8,20H,9H2,1-4H3,(H,19,21). The molecule has 1 aliphatic rings. The van der Waals surface area contributed by atoms with Crippen molar-refractivity contribution in [2.45, 2.75) is 32.6 Å². The van der Waals surface area contributed by atoms with Gasteiger partial charge in [-0.25, -0.2) is 8.42 Å². The van der Waals surface area contributed by atoms with Gasteiger partial charge in [-0.1, -0.05) is 6.07 Å². The van der Waals surface area contributed by atoms with Crippen LogP contribution in [0.1, 0.15) is 22.3 Å². The number of sulfonamides is 1. The van der Waals surface area contributed by atoms with Crippen LogP contribution in [0, 0.1) is 27.7 Å². The van der Waals surface area contributed by atoms with Crippen molar-refractivity contribution in [3.63, 3.8) is 0 Å². The normalized spacial score (nSPS) is 13.7. The van der Waals surface area contributed by atoms with E-state index in [4.69, 9.17) is 4.74 Å². The summed E-state index contributed by atoms with van der Waals surface area (Å²) in [6.45, 7) is 7.35. The fraction of sp³-hybridized carbons (Fsp3) is 0.278. The van der Waals surface area contributed by atoms with E-state index in [-0.39, 0.29) is 12.5 Å². The second-order valence-corrected chi connectivity index (χ2v) is 7.86. The summed E-state index contributed by atoms with van der Waals surface area (Å²) in [6.07, 6.45) is 0. The zero-order chi connectivity index (χ0) is 18.4. The van der Waals surface area contributed by atoms with E-state index < -0.39 is 10.0 Å². The fourth-order valence-electron chi connectivity index (χ4n) is 2.94. The molecule has 6 nitrogen and oxygen atoms in total. The van der Waals surface area contributed by atoms with Gasteiger partial charge in [-0.15, -0.1) is 0 Å². The molecule has 0 aromatic heterocycles. The van der Waals surface area contributed by atoms with Crippen molar-refractivity contribution in [2.75, 3.05) is 16.6 Å². The van der Waals surface area contributed by atoms with Gasteiger partial charge in [0.2, 0.25) is 0 Å². The molecule has 132 valence electrons. The van der Waals surface area contributed by atoms with E-state index in [0.29, 0.717) is 22.0 Å². The Kier molecular flexibility index (Phi) is 4.20. The molecule has 2 aromatic rings. The SMILES string of the molecule is Cc1cc(C)c(C)c(S(=O)(=O)Nc2ccc3c(c2)NC(=O)CO3)c1C. The lowest BCUT2D eigenvalue weighted by molar-refractivity contribution is -0.118. The van der Waals surface area contributed by atoms with Crippen LogP contribution in [0.25, 0.3) is 0 Å². The maximum atomic E-state index is 13.0. The van der Waals surface area contributed by atoms with E-state index in [1.807, 2.05) is 19.9 Å². The predicted molar refractivity (Wildman–Crippen MR) is 96.8 cm³/mol. The highest BCUT2D eigenvalue weighted by Gasteiger charge is 2.23. The molecule has 0 atom stereocenters. The summed E-state index contributed by atoms with van der Waals surface area (Å²) in [7, 11) is -3.76. The summed E-state index contributed by atoms with van der Waals surface area (Å²) in [5.41, 5.74) is 4.12. The van der Waals surface area contributed by atoms with Gasteiger partial charge in [0.1, 0.15) is 5.75 Å². The van der Waals surface area contributed by atoms with Gasteiger partial charge in [-0.3, -0.25) is 9.52 Å². The number of nitrogens with one attached hydrogen (secondary N) is 2. The molecule has 2 N–H and O–H groups in total. The molecule has 0 saturated carbocycles. The van der Waals surface area contributed by atoms with E-state index in [9.17, 15) is 13.2 Å². The van der Waals surface area contributed by atoms with E-state index in [0.717, 1.165) is 22.3 Å². The largest absolute Gasteiger partial charge is 0.482 e. The molecule has 2 aromatic carbocycles. The molecule has 0 spiro atoms. The monoisotopic (exact) mass is 360 g/mol. The van der Waals surface area contributed by atoms with Crippen LogP contribution in [-0.2, 0) is 14.8 Å². The summed E-state index contributed by atoms with van der Waals surface area (Å²) < 4.78 is 33.8. The number of benzene rings is 2. The van der Waals surface area contributed by atoms with Gasteiger partial charge in [-0.05, 0) is 68.1 Å². The van der Waals surface area contributed by atoms with Crippen molar-refractivity contribution >= 4 is 27.3 Å². The van der Waals surface area contributed by atoms with Crippen LogP contribution >= 0.6 is 0 Å². The number of carbonyl (C=O) groups is 1. The summed E-state index contributed by atoms with van der Waals surface area (Å²) in [6, 6.07) is 6.78. The number of anilines is 2. The van der Waals surface area contributed by atoms with Crippen LogP contribution in [0.5, 0.6) is 5.75 Å². The van der Waals surface area contributed by atoms with Crippen molar-refractivity contribution in [3.8, 4) is 5.75 Å². The molecule has 0 saturated heterocycles. The topological polar surface area (TPSA) is 84.5 Å². The number of ether oxygens (including phenoxy) is 1. The zero-order valence-corrected chi connectivity index (χ0v) is 15.4. The Morgan fingerprint density at radius 3 is 2.32 bits per heavy atom. The zero-order valence-electron chi connectivity index (χ0n) is 14.6. The van der Waals surface area contributed by atoms with Crippen molar-refractivity contribution in [1.82, 2.24) is 0 Å². The first-order valence-electron chi connectivity index (χ1n) is 7.86. The average molecular weight is 360 g/mol. The average Bonchev–Trinajstić information content (AvgIpc) is 2.52. The highest BCUT2D eigenvalue weighted by atomic mass is 32.2. The van der Waals surface area contributed by atoms with E-state index >= 15 is 0 Å². The summed E-state index contributed by atoms with van der Waals surface area (Å²) in [4.78, 5) is 11.7. The van der Waals surface area contributed by atoms with Crippen molar-refractivity contribution < 1.29 is 17.9 Å². The maximum absolute atomic E-state index is 13.0. The Morgan fingerprint density at radius 1 is 1.04 bits per heavy atom. The molecule has 0 fully saturated rings. The minimum Gasteiger partial charge on any atom is -0.482 e. The molecule has 1 aliphatic heterocycles. The third kappa shape index (κ3) is 3.19. The minimum absolute atomic E-state index is 0.0426. The van der Waals surface area contributed by atoms with E-state index in [2.05, 4.69) is 10.0 Å². The highest BCUT2D eigenvalue weighted by molar-refractivity contribution is 7.92. The molecule has 25 heavy (non-hydrogen) atoms. The summed E-state index contributed by atoms with van der Waals surface area (Å²) >= 11 is 0. The van der Waals surface area contributed by atoms with Gasteiger partial charge < -0.3 is 10.1 Å². The lowest BCUT2D eigenvalue weighted by atomic mass is 10.0. The fourth-order valence-corrected chi connectivity index (χ4v) is 4.60. The number of aryl methyl sites for hydroxylation is 2. The number of amides is 1. The molecule has 0 aliphatic carbocycles. The number of hydrogen-bond donors (Lipinski definition) is 2. The van der Waals surface area contributed by atoms with Crippen LogP contribution in [0.4, 0.5) is 11.4 Å². The Labute approximate surface area is 147 Å². The van der Waals surface area contributed by atoms with Gasteiger partial charge in [0.25, 0.3) is 15.9 Å². The van der Waals surface area contributed by atoms with Crippen molar-refractivity contribution in [3.05, 3.63) is 46.5 Å². The first kappa shape index (κ1) is 17.3. The smallest absolute Gasteiger partial charge is 0.262 e. The summed E-state index contributed by atoms with van der Waals surface area (Å²) in [5, 5.41) is 2.67. The molecule has 0 unspecified atom stereocenters. The number of fused-ring (bicyclic) bond motifs is 1. The van der Waals surface area contributed by atoms with Gasteiger partial charge in [0, 0.05) is 0 Å². The van der Waals surface area contributed by atoms with Crippen molar-refractivity contribution in [2.24, 2.45) is 0 Å². The second kappa shape index (κ2) is 6.07. The Balaban J connectivity index is 2.01. The molecule has 1 amide bonds. The van der Waals surface area contributed by atoms with E-state index in [1.165, 1.54) is 0 Å².